The monoisotopic (exact) mass is 390 g/mol. The highest BCUT2D eigenvalue weighted by Crippen LogP contribution is 2.49. The second-order valence-electron chi connectivity index (χ2n) is 8.95. The Morgan fingerprint density at radius 2 is 2.03 bits per heavy atom. The lowest BCUT2D eigenvalue weighted by Crippen LogP contribution is -2.57. The highest BCUT2D eigenvalue weighted by molar-refractivity contribution is 5.90. The van der Waals surface area contributed by atoms with Gasteiger partial charge in [-0.25, -0.2) is 4.79 Å². The number of fused-ring (bicyclic) bond motifs is 4. The van der Waals surface area contributed by atoms with Crippen LogP contribution in [0.25, 0.3) is 0 Å². The number of hydrogen-bond acceptors (Lipinski definition) is 4. The van der Waals surface area contributed by atoms with Crippen molar-refractivity contribution in [1.29, 1.82) is 0 Å². The van der Waals surface area contributed by atoms with Crippen LogP contribution in [0.4, 0.5) is 0 Å². The molecule has 1 fully saturated rings. The van der Waals surface area contributed by atoms with Crippen LogP contribution in [0, 0.1) is 5.92 Å². The number of ether oxygens (including phenoxy) is 1. The molecule has 2 bridgehead atoms. The van der Waals surface area contributed by atoms with Gasteiger partial charge >= 0.3 is 5.97 Å². The molecule has 2 aromatic rings. The number of benzene rings is 1. The molecule has 152 valence electrons. The van der Waals surface area contributed by atoms with Crippen LogP contribution in [0.1, 0.15) is 55.6 Å². The maximum atomic E-state index is 12.4. The van der Waals surface area contributed by atoms with Crippen LogP contribution >= 0.6 is 0 Å². The standard InChI is InChI=1S/C25H30N2O2/c1-17(2)9-13-27-14-10-25(4)18(3)23(27)15-20-5-6-21(16-22(20)25)29-24(28)19-7-11-26-12-8-19/h5-9,11-12,16,18,23H,10,13-15H2,1-4H3. The highest BCUT2D eigenvalue weighted by Gasteiger charge is 2.48. The summed E-state index contributed by atoms with van der Waals surface area (Å²) in [7, 11) is 0. The molecule has 2 aliphatic rings. The Morgan fingerprint density at radius 1 is 1.28 bits per heavy atom. The molecule has 0 N–H and O–H groups in total. The molecular weight excluding hydrogens is 360 g/mol. The van der Waals surface area contributed by atoms with Gasteiger partial charge in [-0.05, 0) is 80.0 Å². The Labute approximate surface area is 173 Å². The first-order valence-electron chi connectivity index (χ1n) is 10.5. The molecular formula is C25H30N2O2. The highest BCUT2D eigenvalue weighted by atomic mass is 16.5. The summed E-state index contributed by atoms with van der Waals surface area (Å²) in [6.07, 6.45) is 7.73. The number of esters is 1. The van der Waals surface area contributed by atoms with Gasteiger partial charge in [0.15, 0.2) is 0 Å². The Balaban J connectivity index is 1.59. The topological polar surface area (TPSA) is 42.4 Å². The minimum Gasteiger partial charge on any atom is -0.423 e. The van der Waals surface area contributed by atoms with Gasteiger partial charge in [0.05, 0.1) is 5.56 Å². The van der Waals surface area contributed by atoms with E-state index in [0.717, 1.165) is 25.9 Å². The van der Waals surface area contributed by atoms with Crippen LogP contribution in [-0.2, 0) is 11.8 Å². The van der Waals surface area contributed by atoms with Crippen molar-refractivity contribution in [3.8, 4) is 5.75 Å². The fraction of sp³-hybridized carbons (Fsp3) is 0.440. The average Bonchev–Trinajstić information content (AvgIpc) is 2.71. The number of carbonyl (C=O) groups is 1. The lowest BCUT2D eigenvalue weighted by Gasteiger charge is -2.54. The van der Waals surface area contributed by atoms with E-state index in [4.69, 9.17) is 4.74 Å². The van der Waals surface area contributed by atoms with E-state index in [1.54, 1.807) is 24.5 Å². The molecule has 29 heavy (non-hydrogen) atoms. The second kappa shape index (κ2) is 7.75. The van der Waals surface area contributed by atoms with Crippen LogP contribution in [0.5, 0.6) is 5.75 Å². The van der Waals surface area contributed by atoms with Crippen molar-refractivity contribution in [2.75, 3.05) is 13.1 Å². The molecule has 1 aliphatic carbocycles. The Hall–Kier alpha value is -2.46. The number of likely N-dealkylation sites (tertiary alicyclic amines) is 1. The zero-order valence-corrected chi connectivity index (χ0v) is 17.8. The van der Waals surface area contributed by atoms with Crippen molar-refractivity contribution in [1.82, 2.24) is 9.88 Å². The minimum atomic E-state index is -0.337. The van der Waals surface area contributed by atoms with Gasteiger partial charge in [-0.1, -0.05) is 31.6 Å². The largest absolute Gasteiger partial charge is 0.423 e. The first kappa shape index (κ1) is 19.8. The van der Waals surface area contributed by atoms with Gasteiger partial charge < -0.3 is 4.74 Å². The summed E-state index contributed by atoms with van der Waals surface area (Å²) in [4.78, 5) is 19.0. The average molecular weight is 391 g/mol. The maximum Gasteiger partial charge on any atom is 0.343 e. The van der Waals surface area contributed by atoms with E-state index in [9.17, 15) is 4.79 Å². The van der Waals surface area contributed by atoms with Crippen molar-refractivity contribution < 1.29 is 9.53 Å². The molecule has 4 heteroatoms. The van der Waals surface area contributed by atoms with E-state index in [0.29, 0.717) is 23.3 Å². The fourth-order valence-electron chi connectivity index (χ4n) is 4.93. The van der Waals surface area contributed by atoms with E-state index in [2.05, 4.69) is 55.8 Å². The van der Waals surface area contributed by atoms with Crippen LogP contribution in [0.3, 0.4) is 0 Å². The number of carbonyl (C=O) groups excluding carboxylic acids is 1. The first-order valence-corrected chi connectivity index (χ1v) is 10.5. The molecule has 0 saturated carbocycles. The third-order valence-corrected chi connectivity index (χ3v) is 6.96. The van der Waals surface area contributed by atoms with Gasteiger partial charge in [0.1, 0.15) is 5.75 Å². The smallest absolute Gasteiger partial charge is 0.343 e. The number of allylic oxidation sites excluding steroid dienone is 1. The lowest BCUT2D eigenvalue weighted by atomic mass is 9.59. The first-order chi connectivity index (χ1) is 13.9. The summed E-state index contributed by atoms with van der Waals surface area (Å²) in [5.41, 5.74) is 4.75. The van der Waals surface area contributed by atoms with E-state index in [1.165, 1.54) is 16.7 Å². The molecule has 4 rings (SSSR count). The second-order valence-corrected chi connectivity index (χ2v) is 8.95. The van der Waals surface area contributed by atoms with Gasteiger partial charge in [0, 0.05) is 25.0 Å². The molecule has 1 aromatic carbocycles. The third kappa shape index (κ3) is 3.74. The van der Waals surface area contributed by atoms with Gasteiger partial charge in [0.25, 0.3) is 0 Å². The van der Waals surface area contributed by atoms with E-state index < -0.39 is 0 Å². The molecule has 3 unspecified atom stereocenters. The van der Waals surface area contributed by atoms with Crippen molar-refractivity contribution >= 4 is 5.97 Å². The summed E-state index contributed by atoms with van der Waals surface area (Å²) < 4.78 is 5.69. The van der Waals surface area contributed by atoms with Gasteiger partial charge in [-0.3, -0.25) is 9.88 Å². The normalized spacial score (nSPS) is 25.8. The number of piperidine rings is 1. The Morgan fingerprint density at radius 3 is 2.76 bits per heavy atom. The van der Waals surface area contributed by atoms with E-state index in [1.807, 2.05) is 6.07 Å². The predicted molar refractivity (Wildman–Crippen MR) is 115 cm³/mol. The molecule has 0 spiro atoms. The maximum absolute atomic E-state index is 12.4. The summed E-state index contributed by atoms with van der Waals surface area (Å²) in [6, 6.07) is 10.1. The van der Waals surface area contributed by atoms with Gasteiger partial charge in [-0.2, -0.15) is 0 Å². The lowest BCUT2D eigenvalue weighted by molar-refractivity contribution is 0.0395. The summed E-state index contributed by atoms with van der Waals surface area (Å²) in [6.45, 7) is 11.2. The van der Waals surface area contributed by atoms with Crippen molar-refractivity contribution in [3.05, 3.63) is 71.1 Å². The Kier molecular flexibility index (Phi) is 5.30. The molecule has 0 radical (unpaired) electrons. The van der Waals surface area contributed by atoms with E-state index in [-0.39, 0.29) is 11.4 Å². The van der Waals surface area contributed by atoms with Crippen LogP contribution < -0.4 is 4.74 Å². The summed E-state index contributed by atoms with van der Waals surface area (Å²) in [5.74, 6) is 0.848. The summed E-state index contributed by atoms with van der Waals surface area (Å²) in [5, 5.41) is 0. The van der Waals surface area contributed by atoms with Crippen molar-refractivity contribution in [2.45, 2.75) is 52.0 Å². The molecule has 1 saturated heterocycles. The fourth-order valence-corrected chi connectivity index (χ4v) is 4.93. The molecule has 2 heterocycles. The van der Waals surface area contributed by atoms with Crippen molar-refractivity contribution in [2.24, 2.45) is 5.92 Å². The molecule has 1 aliphatic heterocycles. The van der Waals surface area contributed by atoms with Crippen molar-refractivity contribution in [3.63, 3.8) is 0 Å². The third-order valence-electron chi connectivity index (χ3n) is 6.96. The predicted octanol–water partition coefficient (Wildman–Crippen LogP) is 4.79. The number of nitrogens with zero attached hydrogens (tertiary/aromatic N) is 2. The number of aromatic nitrogens is 1. The number of rotatable bonds is 4. The minimum absolute atomic E-state index is 0.110. The number of pyridine rings is 1. The molecule has 0 amide bonds. The zero-order valence-electron chi connectivity index (χ0n) is 17.8. The quantitative estimate of drug-likeness (QED) is 0.428. The summed E-state index contributed by atoms with van der Waals surface area (Å²) >= 11 is 0. The van der Waals surface area contributed by atoms with Crippen LogP contribution in [0.15, 0.2) is 54.4 Å². The Bertz CT molecular complexity index is 933. The SMILES string of the molecule is CC(C)=CCN1CCC2(C)c3cc(OC(=O)c4ccncc4)ccc3CC1C2C. The van der Waals surface area contributed by atoms with E-state index >= 15 is 0 Å². The molecule has 3 atom stereocenters. The van der Waals surface area contributed by atoms with Crippen LogP contribution in [-0.4, -0.2) is 35.0 Å². The molecule has 4 nitrogen and oxygen atoms in total. The van der Waals surface area contributed by atoms with Gasteiger partial charge in [-0.15, -0.1) is 0 Å². The van der Waals surface area contributed by atoms with Gasteiger partial charge in [0.2, 0.25) is 0 Å². The number of hydrogen-bond donors (Lipinski definition) is 0. The zero-order chi connectivity index (χ0) is 20.6. The molecule has 1 aromatic heterocycles. The van der Waals surface area contributed by atoms with Crippen LogP contribution in [0.2, 0.25) is 0 Å².